The van der Waals surface area contributed by atoms with Crippen molar-refractivity contribution in [2.24, 2.45) is 5.92 Å². The summed E-state index contributed by atoms with van der Waals surface area (Å²) in [5.74, 6) is 0.612. The summed E-state index contributed by atoms with van der Waals surface area (Å²) in [5.41, 5.74) is 3.39. The molecule has 2 aliphatic heterocycles. The number of cyclic esters (lactones) is 1. The van der Waals surface area contributed by atoms with Gasteiger partial charge in [-0.25, -0.2) is 9.78 Å². The molecule has 218 valence electrons. The molecule has 11 nitrogen and oxygen atoms in total. The molecule has 0 aliphatic carbocycles. The summed E-state index contributed by atoms with van der Waals surface area (Å²) in [6.07, 6.45) is 3.69. The number of carbonyl (C=O) groups is 2. The van der Waals surface area contributed by atoms with Gasteiger partial charge in [-0.05, 0) is 68.6 Å². The van der Waals surface area contributed by atoms with E-state index in [1.54, 1.807) is 36.4 Å². The number of aromatic nitrogens is 2. The van der Waals surface area contributed by atoms with Crippen LogP contribution in [-0.4, -0.2) is 84.6 Å². The molecule has 4 heterocycles. The quantitative estimate of drug-likeness (QED) is 0.323. The monoisotopic (exact) mass is 564 g/mol. The summed E-state index contributed by atoms with van der Waals surface area (Å²) in [6.45, 7) is 5.05. The number of amides is 1. The molecule has 5 rings (SSSR count). The minimum Gasteiger partial charge on any atom is -0.486 e. The second-order valence-corrected chi connectivity index (χ2v) is 10.3. The number of methoxy groups -OCH3 is 1. The fraction of sp³-hybridized carbons (Fsp3) is 0.467. The van der Waals surface area contributed by atoms with E-state index in [0.717, 1.165) is 29.4 Å². The SMILES string of the molecule is CCC(CCN(CCCc1ccnc2ccc(OC)nc12)C[C@@H]1CN(c2ccc3c(c2)OCCO3)C(=O)O1)C(=O)O. The average Bonchev–Trinajstić information content (AvgIpc) is 3.36. The van der Waals surface area contributed by atoms with E-state index in [2.05, 4.69) is 14.9 Å². The zero-order valence-electron chi connectivity index (χ0n) is 23.5. The molecule has 2 aliphatic rings. The van der Waals surface area contributed by atoms with E-state index in [0.29, 0.717) is 75.3 Å². The van der Waals surface area contributed by atoms with Gasteiger partial charge in [0, 0.05) is 24.9 Å². The van der Waals surface area contributed by atoms with E-state index in [1.165, 1.54) is 0 Å². The standard InChI is InChI=1S/C30H36N4O7/c1-3-20(29(35)36)11-14-33(13-4-5-21-10-12-31-24-7-9-27(38-2)32-28(21)24)18-23-19-34(30(37)41-23)22-6-8-25-26(17-22)40-16-15-39-25/h6-10,12,17,20,23H,3-5,11,13-16,18-19H2,1-2H3,(H,35,36)/t20?,23-/m1/s1. The van der Waals surface area contributed by atoms with Crippen molar-refractivity contribution in [3.63, 3.8) is 0 Å². The number of pyridine rings is 2. The zero-order chi connectivity index (χ0) is 28.8. The molecule has 1 fully saturated rings. The Labute approximate surface area is 239 Å². The second kappa shape index (κ2) is 13.0. The summed E-state index contributed by atoms with van der Waals surface area (Å²) in [4.78, 5) is 37.3. The smallest absolute Gasteiger partial charge is 0.414 e. The molecule has 2 aromatic heterocycles. The Bertz CT molecular complexity index is 1380. The van der Waals surface area contributed by atoms with Gasteiger partial charge in [0.2, 0.25) is 5.88 Å². The number of carboxylic acids is 1. The summed E-state index contributed by atoms with van der Waals surface area (Å²) in [7, 11) is 1.59. The summed E-state index contributed by atoms with van der Waals surface area (Å²) < 4.78 is 22.3. The van der Waals surface area contributed by atoms with Crippen molar-refractivity contribution in [1.29, 1.82) is 0 Å². The van der Waals surface area contributed by atoms with Gasteiger partial charge in [0.1, 0.15) is 19.3 Å². The molecule has 3 aromatic rings. The number of carboxylic acid groups (broad SMARTS) is 1. The molecular weight excluding hydrogens is 528 g/mol. The van der Waals surface area contributed by atoms with Crippen LogP contribution in [0.5, 0.6) is 17.4 Å². The van der Waals surface area contributed by atoms with Crippen LogP contribution in [-0.2, 0) is 16.0 Å². The first-order valence-corrected chi connectivity index (χ1v) is 14.1. The highest BCUT2D eigenvalue weighted by atomic mass is 16.6. The topological polar surface area (TPSA) is 124 Å². The number of fused-ring (bicyclic) bond motifs is 2. The number of hydrogen-bond donors (Lipinski definition) is 1. The number of nitrogens with zero attached hydrogens (tertiary/aromatic N) is 4. The second-order valence-electron chi connectivity index (χ2n) is 10.3. The number of aliphatic carboxylic acids is 1. The van der Waals surface area contributed by atoms with Crippen LogP contribution in [0.25, 0.3) is 11.0 Å². The van der Waals surface area contributed by atoms with Crippen LogP contribution in [0.2, 0.25) is 0 Å². The largest absolute Gasteiger partial charge is 0.486 e. The van der Waals surface area contributed by atoms with Crippen LogP contribution in [0.1, 0.15) is 31.7 Å². The van der Waals surface area contributed by atoms with Crippen LogP contribution >= 0.6 is 0 Å². The predicted molar refractivity (Wildman–Crippen MR) is 152 cm³/mol. The lowest BCUT2D eigenvalue weighted by molar-refractivity contribution is -0.142. The van der Waals surface area contributed by atoms with Gasteiger partial charge in [-0.3, -0.25) is 19.6 Å². The molecule has 0 bridgehead atoms. The van der Waals surface area contributed by atoms with E-state index in [4.69, 9.17) is 18.9 Å². The molecule has 41 heavy (non-hydrogen) atoms. The molecule has 0 radical (unpaired) electrons. The number of benzene rings is 1. The highest BCUT2D eigenvalue weighted by Crippen LogP contribution is 2.35. The molecule has 0 saturated carbocycles. The number of carbonyl (C=O) groups excluding carboxylic acids is 1. The first-order chi connectivity index (χ1) is 19.9. The Morgan fingerprint density at radius 3 is 2.78 bits per heavy atom. The molecule has 1 unspecified atom stereocenters. The third kappa shape index (κ3) is 6.79. The van der Waals surface area contributed by atoms with Gasteiger partial charge in [0.05, 0.1) is 36.3 Å². The van der Waals surface area contributed by atoms with Gasteiger partial charge in [-0.2, -0.15) is 0 Å². The van der Waals surface area contributed by atoms with Gasteiger partial charge in [0.25, 0.3) is 0 Å². The third-order valence-corrected chi connectivity index (χ3v) is 7.58. The average molecular weight is 565 g/mol. The van der Waals surface area contributed by atoms with Crippen LogP contribution in [0.15, 0.2) is 42.6 Å². The Balaban J connectivity index is 1.25. The van der Waals surface area contributed by atoms with Crippen molar-refractivity contribution in [2.45, 2.75) is 38.7 Å². The number of hydrogen-bond acceptors (Lipinski definition) is 9. The van der Waals surface area contributed by atoms with Crippen LogP contribution in [0.3, 0.4) is 0 Å². The fourth-order valence-electron chi connectivity index (χ4n) is 5.32. The highest BCUT2D eigenvalue weighted by Gasteiger charge is 2.34. The van der Waals surface area contributed by atoms with Crippen LogP contribution < -0.4 is 19.1 Å². The van der Waals surface area contributed by atoms with Crippen molar-refractivity contribution in [1.82, 2.24) is 14.9 Å². The zero-order valence-corrected chi connectivity index (χ0v) is 23.5. The fourth-order valence-corrected chi connectivity index (χ4v) is 5.32. The predicted octanol–water partition coefficient (Wildman–Crippen LogP) is 4.17. The normalized spacial score (nSPS) is 17.1. The van der Waals surface area contributed by atoms with Gasteiger partial charge in [-0.1, -0.05) is 6.92 Å². The molecule has 1 aromatic carbocycles. The van der Waals surface area contributed by atoms with Crippen LogP contribution in [0, 0.1) is 5.92 Å². The van der Waals surface area contributed by atoms with Gasteiger partial charge in [0.15, 0.2) is 11.5 Å². The van der Waals surface area contributed by atoms with E-state index in [-0.39, 0.29) is 6.10 Å². The minimum absolute atomic E-state index is 0.353. The van der Waals surface area contributed by atoms with Crippen molar-refractivity contribution in [3.8, 4) is 17.4 Å². The Hall–Kier alpha value is -4.12. The lowest BCUT2D eigenvalue weighted by Crippen LogP contribution is -2.37. The van der Waals surface area contributed by atoms with Crippen molar-refractivity contribution < 1.29 is 33.6 Å². The Kier molecular flexibility index (Phi) is 9.03. The first-order valence-electron chi connectivity index (χ1n) is 14.1. The first kappa shape index (κ1) is 28.4. The molecule has 1 saturated heterocycles. The lowest BCUT2D eigenvalue weighted by Gasteiger charge is -2.26. The molecule has 2 atom stereocenters. The minimum atomic E-state index is -0.784. The van der Waals surface area contributed by atoms with Gasteiger partial charge < -0.3 is 24.1 Å². The molecule has 0 spiro atoms. The van der Waals surface area contributed by atoms with Crippen molar-refractivity contribution in [3.05, 3.63) is 48.2 Å². The van der Waals surface area contributed by atoms with E-state index < -0.39 is 18.0 Å². The highest BCUT2D eigenvalue weighted by molar-refractivity contribution is 5.90. The number of ether oxygens (including phenoxy) is 4. The Morgan fingerprint density at radius 1 is 1.17 bits per heavy atom. The number of anilines is 1. The molecule has 1 N–H and O–H groups in total. The maximum absolute atomic E-state index is 12.8. The summed E-state index contributed by atoms with van der Waals surface area (Å²) in [6, 6.07) is 11.1. The summed E-state index contributed by atoms with van der Waals surface area (Å²) in [5, 5.41) is 9.58. The van der Waals surface area contributed by atoms with Crippen molar-refractivity contribution in [2.75, 3.05) is 51.4 Å². The molecular formula is C30H36N4O7. The lowest BCUT2D eigenvalue weighted by atomic mass is 10.0. The van der Waals surface area contributed by atoms with E-state index in [1.807, 2.05) is 25.1 Å². The third-order valence-electron chi connectivity index (χ3n) is 7.58. The maximum Gasteiger partial charge on any atom is 0.414 e. The maximum atomic E-state index is 12.8. The number of rotatable bonds is 13. The molecule has 1 amide bonds. The molecule has 11 heteroatoms. The van der Waals surface area contributed by atoms with Gasteiger partial charge in [-0.15, -0.1) is 0 Å². The van der Waals surface area contributed by atoms with Gasteiger partial charge >= 0.3 is 12.1 Å². The summed E-state index contributed by atoms with van der Waals surface area (Å²) >= 11 is 0. The Morgan fingerprint density at radius 2 is 2.00 bits per heavy atom. The van der Waals surface area contributed by atoms with E-state index >= 15 is 0 Å². The van der Waals surface area contributed by atoms with Crippen molar-refractivity contribution >= 4 is 28.8 Å². The van der Waals surface area contributed by atoms with Crippen LogP contribution in [0.4, 0.5) is 10.5 Å². The van der Waals surface area contributed by atoms with E-state index in [9.17, 15) is 14.7 Å². The number of aryl methyl sites for hydroxylation is 1.